The number of rotatable bonds is 4. The Hall–Kier alpha value is -1.06. The average molecular weight is 182 g/mol. The van der Waals surface area contributed by atoms with Gasteiger partial charge in [0.05, 0.1) is 0 Å². The molecule has 0 saturated carbocycles. The quantitative estimate of drug-likeness (QED) is 0.666. The van der Waals surface area contributed by atoms with Gasteiger partial charge in [0.1, 0.15) is 5.75 Å². The Morgan fingerprint density at radius 1 is 1.00 bits per heavy atom. The van der Waals surface area contributed by atoms with Crippen LogP contribution in [0.15, 0.2) is 24.3 Å². The van der Waals surface area contributed by atoms with Gasteiger partial charge in [0.2, 0.25) is 0 Å². The van der Waals surface area contributed by atoms with Crippen LogP contribution in [-0.4, -0.2) is 20.7 Å². The van der Waals surface area contributed by atoms with Crippen molar-refractivity contribution in [1.82, 2.24) is 0 Å². The van der Waals surface area contributed by atoms with Crippen molar-refractivity contribution in [3.63, 3.8) is 0 Å². The molecule has 0 aliphatic rings. The maximum atomic E-state index is 5.32. The van der Waals surface area contributed by atoms with Gasteiger partial charge in [0.25, 0.3) is 0 Å². The van der Waals surface area contributed by atoms with E-state index >= 15 is 0 Å². The molecule has 0 amide bonds. The van der Waals surface area contributed by atoms with E-state index in [1.165, 1.54) is 19.8 Å². The predicted octanol–water partition coefficient (Wildman–Crippen LogP) is 1.95. The van der Waals surface area contributed by atoms with Crippen molar-refractivity contribution in [2.45, 2.75) is 13.4 Å². The fraction of sp³-hybridized carbons (Fsp3) is 0.400. The van der Waals surface area contributed by atoms with Crippen LogP contribution in [0.5, 0.6) is 5.75 Å². The molecule has 0 atom stereocenters. The van der Waals surface area contributed by atoms with Crippen LogP contribution < -0.4 is 4.74 Å². The molecular formula is C10H14O3. The fourth-order valence-electron chi connectivity index (χ4n) is 0.920. The summed E-state index contributed by atoms with van der Waals surface area (Å²) >= 11 is 0. The molecule has 0 spiro atoms. The molecule has 0 heterocycles. The van der Waals surface area contributed by atoms with E-state index in [9.17, 15) is 0 Å². The van der Waals surface area contributed by atoms with E-state index < -0.39 is 6.48 Å². The molecule has 1 aromatic rings. The van der Waals surface area contributed by atoms with E-state index in [4.69, 9.17) is 14.2 Å². The van der Waals surface area contributed by atoms with Crippen LogP contribution >= 0.6 is 0 Å². The zero-order valence-electron chi connectivity index (χ0n) is 8.11. The third kappa shape index (κ3) is 3.05. The van der Waals surface area contributed by atoms with Crippen LogP contribution in [0, 0.1) is 6.92 Å². The van der Waals surface area contributed by atoms with Crippen molar-refractivity contribution in [2.24, 2.45) is 0 Å². The topological polar surface area (TPSA) is 27.7 Å². The highest BCUT2D eigenvalue weighted by Crippen LogP contribution is 2.13. The molecule has 3 nitrogen and oxygen atoms in total. The number of hydrogen-bond donors (Lipinski definition) is 0. The van der Waals surface area contributed by atoms with Crippen LogP contribution in [0.3, 0.4) is 0 Å². The van der Waals surface area contributed by atoms with Crippen LogP contribution in [0.25, 0.3) is 0 Å². The minimum atomic E-state index is -0.636. The normalized spacial score (nSPS) is 10.5. The molecule has 0 bridgehead atoms. The number of benzene rings is 1. The summed E-state index contributed by atoms with van der Waals surface area (Å²) < 4.78 is 15.1. The Morgan fingerprint density at radius 2 is 1.54 bits per heavy atom. The van der Waals surface area contributed by atoms with Crippen LogP contribution in [0.4, 0.5) is 0 Å². The fourth-order valence-corrected chi connectivity index (χ4v) is 0.920. The van der Waals surface area contributed by atoms with E-state index in [0.29, 0.717) is 0 Å². The van der Waals surface area contributed by atoms with Gasteiger partial charge < -0.3 is 14.2 Å². The highest BCUT2D eigenvalue weighted by molar-refractivity contribution is 5.26. The second-order valence-electron chi connectivity index (χ2n) is 2.69. The second-order valence-corrected chi connectivity index (χ2v) is 2.69. The molecular weight excluding hydrogens is 168 g/mol. The van der Waals surface area contributed by atoms with Crippen LogP contribution in [0.2, 0.25) is 0 Å². The van der Waals surface area contributed by atoms with E-state index in [1.807, 2.05) is 31.2 Å². The minimum absolute atomic E-state index is 0.636. The van der Waals surface area contributed by atoms with Gasteiger partial charge >= 0.3 is 6.48 Å². The SMILES string of the molecule is COC(OC)Oc1ccc(C)cc1. The highest BCUT2D eigenvalue weighted by atomic mass is 16.8. The zero-order chi connectivity index (χ0) is 9.68. The first-order valence-electron chi connectivity index (χ1n) is 4.05. The third-order valence-electron chi connectivity index (χ3n) is 1.64. The first-order chi connectivity index (χ1) is 6.26. The van der Waals surface area contributed by atoms with Crippen molar-refractivity contribution in [3.8, 4) is 5.75 Å². The Bertz CT molecular complexity index is 239. The second kappa shape index (κ2) is 4.84. The summed E-state index contributed by atoms with van der Waals surface area (Å²) in [5.74, 6) is 0.735. The molecule has 3 heteroatoms. The lowest BCUT2D eigenvalue weighted by Crippen LogP contribution is -2.20. The standard InChI is InChI=1S/C10H14O3/c1-8-4-6-9(7-5-8)13-10(11-2)12-3/h4-7,10H,1-3H3. The van der Waals surface area contributed by atoms with Crippen molar-refractivity contribution in [2.75, 3.05) is 14.2 Å². The molecule has 0 fully saturated rings. The number of ether oxygens (including phenoxy) is 3. The van der Waals surface area contributed by atoms with E-state index in [-0.39, 0.29) is 0 Å². The highest BCUT2D eigenvalue weighted by Gasteiger charge is 2.05. The Morgan fingerprint density at radius 3 is 2.00 bits per heavy atom. The number of hydrogen-bond acceptors (Lipinski definition) is 3. The molecule has 0 aromatic heterocycles. The van der Waals surface area contributed by atoms with Gasteiger partial charge in [-0.05, 0) is 19.1 Å². The van der Waals surface area contributed by atoms with Gasteiger partial charge in [-0.2, -0.15) is 0 Å². The molecule has 1 rings (SSSR count). The smallest absolute Gasteiger partial charge is 0.315 e. The largest absolute Gasteiger partial charge is 0.441 e. The van der Waals surface area contributed by atoms with Crippen molar-refractivity contribution >= 4 is 0 Å². The van der Waals surface area contributed by atoms with Crippen molar-refractivity contribution < 1.29 is 14.2 Å². The van der Waals surface area contributed by atoms with Gasteiger partial charge in [0, 0.05) is 14.2 Å². The Kier molecular flexibility index (Phi) is 3.73. The monoisotopic (exact) mass is 182 g/mol. The van der Waals surface area contributed by atoms with E-state index in [0.717, 1.165) is 5.75 Å². The molecule has 0 radical (unpaired) electrons. The van der Waals surface area contributed by atoms with E-state index in [2.05, 4.69) is 0 Å². The summed E-state index contributed by atoms with van der Waals surface area (Å²) in [6.45, 7) is 1.39. The first kappa shape index (κ1) is 10.0. The third-order valence-corrected chi connectivity index (χ3v) is 1.64. The minimum Gasteiger partial charge on any atom is -0.441 e. The Balaban J connectivity index is 2.58. The lowest BCUT2D eigenvalue weighted by atomic mass is 10.2. The Labute approximate surface area is 78.2 Å². The summed E-state index contributed by atoms with van der Waals surface area (Å²) in [5, 5.41) is 0. The molecule has 0 aliphatic carbocycles. The lowest BCUT2D eigenvalue weighted by Gasteiger charge is -2.14. The van der Waals surface area contributed by atoms with Gasteiger partial charge in [-0.15, -0.1) is 0 Å². The number of aryl methyl sites for hydroxylation is 1. The van der Waals surface area contributed by atoms with Gasteiger partial charge in [-0.25, -0.2) is 0 Å². The maximum Gasteiger partial charge on any atom is 0.315 e. The summed E-state index contributed by atoms with van der Waals surface area (Å²) in [6.07, 6.45) is 0. The molecule has 1 aromatic carbocycles. The van der Waals surface area contributed by atoms with Crippen molar-refractivity contribution in [3.05, 3.63) is 29.8 Å². The molecule has 0 saturated heterocycles. The molecule has 0 N–H and O–H groups in total. The molecule has 0 unspecified atom stereocenters. The summed E-state index contributed by atoms with van der Waals surface area (Å²) in [7, 11) is 3.06. The lowest BCUT2D eigenvalue weighted by molar-refractivity contribution is -0.219. The summed E-state index contributed by atoms with van der Waals surface area (Å²) in [4.78, 5) is 0. The average Bonchev–Trinajstić information content (AvgIpc) is 2.17. The first-order valence-corrected chi connectivity index (χ1v) is 4.05. The van der Waals surface area contributed by atoms with Crippen LogP contribution in [0.1, 0.15) is 5.56 Å². The summed E-state index contributed by atoms with van der Waals surface area (Å²) in [5.41, 5.74) is 1.19. The molecule has 0 aliphatic heterocycles. The van der Waals surface area contributed by atoms with Crippen LogP contribution in [-0.2, 0) is 9.47 Å². The zero-order valence-corrected chi connectivity index (χ0v) is 8.11. The molecule has 72 valence electrons. The van der Waals surface area contributed by atoms with E-state index in [1.54, 1.807) is 0 Å². The van der Waals surface area contributed by atoms with Gasteiger partial charge in [-0.3, -0.25) is 0 Å². The van der Waals surface area contributed by atoms with Gasteiger partial charge in [0.15, 0.2) is 0 Å². The van der Waals surface area contributed by atoms with Crippen molar-refractivity contribution in [1.29, 1.82) is 0 Å². The number of methoxy groups -OCH3 is 2. The van der Waals surface area contributed by atoms with Gasteiger partial charge in [-0.1, -0.05) is 17.7 Å². The maximum absolute atomic E-state index is 5.32. The molecule has 13 heavy (non-hydrogen) atoms. The summed E-state index contributed by atoms with van der Waals surface area (Å²) in [6, 6.07) is 7.69. The predicted molar refractivity (Wildman–Crippen MR) is 49.6 cm³/mol.